The van der Waals surface area contributed by atoms with Gasteiger partial charge >= 0.3 is 0 Å². The van der Waals surface area contributed by atoms with Gasteiger partial charge in [0.15, 0.2) is 0 Å². The van der Waals surface area contributed by atoms with E-state index in [-0.39, 0.29) is 0 Å². The van der Waals surface area contributed by atoms with Crippen molar-refractivity contribution < 1.29 is 0 Å². The number of hydrogen-bond donors (Lipinski definition) is 0. The average molecular weight is 252 g/mol. The largest absolute Gasteiger partial charge is 0.304 e. The van der Waals surface area contributed by atoms with Crippen LogP contribution in [0.2, 0.25) is 0 Å². The molecule has 2 rings (SSSR count). The van der Waals surface area contributed by atoms with Crippen molar-refractivity contribution in [2.75, 3.05) is 26.7 Å². The van der Waals surface area contributed by atoms with Crippen molar-refractivity contribution in [3.63, 3.8) is 0 Å². The van der Waals surface area contributed by atoms with Gasteiger partial charge in [-0.3, -0.25) is 0 Å². The van der Waals surface area contributed by atoms with Crippen LogP contribution in [0, 0.1) is 5.41 Å². The number of piperidine rings is 1. The van der Waals surface area contributed by atoms with E-state index < -0.39 is 0 Å². The molecule has 106 valence electrons. The Hall–Kier alpha value is -0.0800. The molecular weight excluding hydrogens is 220 g/mol. The molecule has 0 spiro atoms. The van der Waals surface area contributed by atoms with E-state index in [4.69, 9.17) is 0 Å². The summed E-state index contributed by atoms with van der Waals surface area (Å²) in [4.78, 5) is 5.25. The minimum Gasteiger partial charge on any atom is -0.304 e. The minimum absolute atomic E-state index is 0.647. The van der Waals surface area contributed by atoms with Gasteiger partial charge in [-0.25, -0.2) is 0 Å². The van der Waals surface area contributed by atoms with E-state index in [1.807, 2.05) is 0 Å². The molecule has 0 atom stereocenters. The van der Waals surface area contributed by atoms with Crippen LogP contribution in [0.3, 0.4) is 0 Å². The molecule has 0 unspecified atom stereocenters. The SMILES string of the molecule is CCC1(CCN(C)C(C)C)CCN(C2CC2)CC1. The molecule has 2 aliphatic rings. The molecule has 0 radical (unpaired) electrons. The lowest BCUT2D eigenvalue weighted by atomic mass is 9.73. The molecule has 1 aliphatic heterocycles. The predicted octanol–water partition coefficient (Wildman–Crippen LogP) is 3.37. The first kappa shape index (κ1) is 14.3. The van der Waals surface area contributed by atoms with Gasteiger partial charge in [-0.15, -0.1) is 0 Å². The van der Waals surface area contributed by atoms with Crippen LogP contribution in [0.25, 0.3) is 0 Å². The highest BCUT2D eigenvalue weighted by atomic mass is 15.2. The monoisotopic (exact) mass is 252 g/mol. The Labute approximate surface area is 114 Å². The van der Waals surface area contributed by atoms with Gasteiger partial charge in [0, 0.05) is 12.1 Å². The second-order valence-electron chi connectivity index (χ2n) is 6.95. The summed E-state index contributed by atoms with van der Waals surface area (Å²) in [6.45, 7) is 11.0. The first-order valence-corrected chi connectivity index (χ1v) is 8.00. The van der Waals surface area contributed by atoms with Gasteiger partial charge in [0.1, 0.15) is 0 Å². The van der Waals surface area contributed by atoms with E-state index in [0.29, 0.717) is 11.5 Å². The Morgan fingerprint density at radius 2 is 1.83 bits per heavy atom. The molecule has 0 aromatic rings. The van der Waals surface area contributed by atoms with Crippen molar-refractivity contribution in [2.45, 2.75) is 71.4 Å². The Kier molecular flexibility index (Phi) is 4.71. The van der Waals surface area contributed by atoms with E-state index in [9.17, 15) is 0 Å². The molecule has 18 heavy (non-hydrogen) atoms. The maximum Gasteiger partial charge on any atom is 0.00964 e. The summed E-state index contributed by atoms with van der Waals surface area (Å²) in [5, 5.41) is 0. The molecule has 1 saturated heterocycles. The fourth-order valence-electron chi connectivity index (χ4n) is 3.26. The van der Waals surface area contributed by atoms with Crippen LogP contribution in [-0.2, 0) is 0 Å². The van der Waals surface area contributed by atoms with E-state index in [1.165, 1.54) is 58.2 Å². The highest BCUT2D eigenvalue weighted by Gasteiger charge is 2.37. The maximum atomic E-state index is 2.75. The molecule has 2 heteroatoms. The van der Waals surface area contributed by atoms with Crippen LogP contribution in [0.4, 0.5) is 0 Å². The van der Waals surface area contributed by atoms with E-state index in [2.05, 4.69) is 37.6 Å². The summed E-state index contributed by atoms with van der Waals surface area (Å²) in [6, 6.07) is 1.66. The summed E-state index contributed by atoms with van der Waals surface area (Å²) in [7, 11) is 2.27. The van der Waals surface area contributed by atoms with Crippen molar-refractivity contribution in [3.05, 3.63) is 0 Å². The summed E-state index contributed by atoms with van der Waals surface area (Å²) in [5.74, 6) is 0. The van der Waals surface area contributed by atoms with Crippen LogP contribution < -0.4 is 0 Å². The maximum absolute atomic E-state index is 2.75. The van der Waals surface area contributed by atoms with Gasteiger partial charge in [0.25, 0.3) is 0 Å². The Morgan fingerprint density at radius 3 is 2.28 bits per heavy atom. The lowest BCUT2D eigenvalue weighted by Gasteiger charge is -2.42. The van der Waals surface area contributed by atoms with Crippen LogP contribution in [0.1, 0.15) is 59.3 Å². The van der Waals surface area contributed by atoms with Crippen LogP contribution in [0.5, 0.6) is 0 Å². The standard InChI is InChI=1S/C16H32N2/c1-5-16(8-11-17(4)14(2)3)9-12-18(13-10-16)15-6-7-15/h14-15H,5-13H2,1-4H3. The zero-order chi connectivity index (χ0) is 13.2. The second-order valence-corrected chi connectivity index (χ2v) is 6.95. The molecular formula is C16H32N2. The van der Waals surface area contributed by atoms with Crippen LogP contribution in [-0.4, -0.2) is 48.6 Å². The fraction of sp³-hybridized carbons (Fsp3) is 1.00. The smallest absolute Gasteiger partial charge is 0.00964 e. The van der Waals surface area contributed by atoms with Gasteiger partial charge in [0.05, 0.1) is 0 Å². The van der Waals surface area contributed by atoms with Crippen LogP contribution in [0.15, 0.2) is 0 Å². The van der Waals surface area contributed by atoms with Crippen molar-refractivity contribution in [3.8, 4) is 0 Å². The predicted molar refractivity (Wildman–Crippen MR) is 78.9 cm³/mol. The molecule has 0 amide bonds. The quantitative estimate of drug-likeness (QED) is 0.715. The summed E-state index contributed by atoms with van der Waals surface area (Å²) in [6.07, 6.45) is 8.58. The average Bonchev–Trinajstić information content (AvgIpc) is 3.21. The lowest BCUT2D eigenvalue weighted by molar-refractivity contribution is 0.0740. The van der Waals surface area contributed by atoms with Gasteiger partial charge in [-0.05, 0) is 78.0 Å². The highest BCUT2D eigenvalue weighted by molar-refractivity contribution is 4.92. The van der Waals surface area contributed by atoms with Crippen molar-refractivity contribution in [1.29, 1.82) is 0 Å². The van der Waals surface area contributed by atoms with Crippen LogP contribution >= 0.6 is 0 Å². The zero-order valence-corrected chi connectivity index (χ0v) is 12.9. The summed E-state index contributed by atoms with van der Waals surface area (Å²) in [5.41, 5.74) is 0.647. The minimum atomic E-state index is 0.647. The molecule has 1 heterocycles. The lowest BCUT2D eigenvalue weighted by Crippen LogP contribution is -2.42. The van der Waals surface area contributed by atoms with Gasteiger partial charge in [-0.2, -0.15) is 0 Å². The van der Waals surface area contributed by atoms with Crippen molar-refractivity contribution in [2.24, 2.45) is 5.41 Å². The molecule has 0 aromatic carbocycles. The third-order valence-electron chi connectivity index (χ3n) is 5.55. The van der Waals surface area contributed by atoms with Crippen molar-refractivity contribution in [1.82, 2.24) is 9.80 Å². The first-order chi connectivity index (χ1) is 8.56. The molecule has 2 nitrogen and oxygen atoms in total. The van der Waals surface area contributed by atoms with E-state index in [1.54, 1.807) is 0 Å². The van der Waals surface area contributed by atoms with Crippen molar-refractivity contribution >= 4 is 0 Å². The number of rotatable bonds is 6. The normalized spacial score (nSPS) is 25.0. The van der Waals surface area contributed by atoms with E-state index in [0.717, 1.165) is 6.04 Å². The molecule has 2 fully saturated rings. The third kappa shape index (κ3) is 3.48. The van der Waals surface area contributed by atoms with Gasteiger partial charge in [0.2, 0.25) is 0 Å². The Morgan fingerprint density at radius 1 is 1.22 bits per heavy atom. The highest BCUT2D eigenvalue weighted by Crippen LogP contribution is 2.41. The molecule has 0 aromatic heterocycles. The fourth-order valence-corrected chi connectivity index (χ4v) is 3.26. The number of likely N-dealkylation sites (tertiary alicyclic amines) is 1. The molecule has 0 N–H and O–H groups in total. The summed E-state index contributed by atoms with van der Waals surface area (Å²) < 4.78 is 0. The molecule has 0 bridgehead atoms. The number of nitrogens with zero attached hydrogens (tertiary/aromatic N) is 2. The van der Waals surface area contributed by atoms with Gasteiger partial charge in [-0.1, -0.05) is 13.3 Å². The first-order valence-electron chi connectivity index (χ1n) is 8.00. The molecule has 1 saturated carbocycles. The van der Waals surface area contributed by atoms with E-state index >= 15 is 0 Å². The third-order valence-corrected chi connectivity index (χ3v) is 5.55. The Bertz CT molecular complexity index is 250. The van der Waals surface area contributed by atoms with Gasteiger partial charge < -0.3 is 9.80 Å². The second kappa shape index (κ2) is 5.92. The zero-order valence-electron chi connectivity index (χ0n) is 12.9. The summed E-state index contributed by atoms with van der Waals surface area (Å²) >= 11 is 0. The Balaban J connectivity index is 1.79. The topological polar surface area (TPSA) is 6.48 Å². The number of hydrogen-bond acceptors (Lipinski definition) is 2. The molecule has 1 aliphatic carbocycles.